The lowest BCUT2D eigenvalue weighted by Gasteiger charge is -2.43. The molecule has 0 unspecified atom stereocenters. The minimum atomic E-state index is -0.157. The SMILES string of the molecule is CN(Cc1cccc(F)c1)C1(CN)CCCCCCC1. The van der Waals surface area contributed by atoms with Crippen LogP contribution in [0.3, 0.4) is 0 Å². The summed E-state index contributed by atoms with van der Waals surface area (Å²) in [6.45, 7) is 1.47. The number of rotatable bonds is 4. The Bertz CT molecular complexity index is 411. The molecule has 0 radical (unpaired) electrons. The van der Waals surface area contributed by atoms with E-state index in [9.17, 15) is 4.39 Å². The predicted molar refractivity (Wildman–Crippen MR) is 82.0 cm³/mol. The molecule has 0 bridgehead atoms. The fraction of sp³-hybridized carbons (Fsp3) is 0.647. The molecule has 0 heterocycles. The van der Waals surface area contributed by atoms with Gasteiger partial charge < -0.3 is 5.73 Å². The van der Waals surface area contributed by atoms with Crippen LogP contribution in [0.4, 0.5) is 4.39 Å². The number of hydrogen-bond acceptors (Lipinski definition) is 2. The highest BCUT2D eigenvalue weighted by atomic mass is 19.1. The lowest BCUT2D eigenvalue weighted by atomic mass is 9.82. The van der Waals surface area contributed by atoms with Crippen LogP contribution in [-0.4, -0.2) is 24.0 Å². The van der Waals surface area contributed by atoms with Crippen molar-refractivity contribution in [1.82, 2.24) is 4.90 Å². The molecule has 3 heteroatoms. The zero-order valence-electron chi connectivity index (χ0n) is 12.6. The first-order valence-electron chi connectivity index (χ1n) is 7.82. The van der Waals surface area contributed by atoms with Crippen LogP contribution in [0.5, 0.6) is 0 Å². The van der Waals surface area contributed by atoms with Crippen molar-refractivity contribution in [2.45, 2.75) is 57.0 Å². The van der Waals surface area contributed by atoms with E-state index in [0.717, 1.165) is 24.9 Å². The number of benzene rings is 1. The van der Waals surface area contributed by atoms with E-state index in [1.54, 1.807) is 12.1 Å². The Kier molecular flexibility index (Phi) is 5.55. The average Bonchev–Trinajstić information content (AvgIpc) is 2.39. The summed E-state index contributed by atoms with van der Waals surface area (Å²) < 4.78 is 13.3. The molecular formula is C17H27FN2. The Hall–Kier alpha value is -0.930. The molecular weight excluding hydrogens is 251 g/mol. The van der Waals surface area contributed by atoms with E-state index >= 15 is 0 Å². The molecule has 1 saturated carbocycles. The van der Waals surface area contributed by atoms with Gasteiger partial charge in [0.25, 0.3) is 0 Å². The molecule has 2 N–H and O–H groups in total. The van der Waals surface area contributed by atoms with Crippen molar-refractivity contribution < 1.29 is 4.39 Å². The first kappa shape index (κ1) is 15.5. The molecule has 0 aromatic heterocycles. The highest BCUT2D eigenvalue weighted by molar-refractivity contribution is 5.16. The van der Waals surface area contributed by atoms with Crippen LogP contribution in [0.25, 0.3) is 0 Å². The van der Waals surface area contributed by atoms with E-state index in [1.165, 1.54) is 38.2 Å². The molecule has 2 rings (SSSR count). The number of likely N-dealkylation sites (N-methyl/N-ethyl adjacent to an activating group) is 1. The summed E-state index contributed by atoms with van der Waals surface area (Å²) in [6, 6.07) is 6.90. The second kappa shape index (κ2) is 7.19. The van der Waals surface area contributed by atoms with Gasteiger partial charge in [-0.05, 0) is 37.6 Å². The molecule has 1 aromatic rings. The van der Waals surface area contributed by atoms with Gasteiger partial charge in [0.1, 0.15) is 5.82 Å². The monoisotopic (exact) mass is 278 g/mol. The quantitative estimate of drug-likeness (QED) is 0.910. The van der Waals surface area contributed by atoms with E-state index in [1.807, 2.05) is 6.07 Å². The topological polar surface area (TPSA) is 29.3 Å². The fourth-order valence-corrected chi connectivity index (χ4v) is 3.38. The smallest absolute Gasteiger partial charge is 0.123 e. The highest BCUT2D eigenvalue weighted by Crippen LogP contribution is 2.31. The zero-order valence-corrected chi connectivity index (χ0v) is 12.6. The zero-order chi connectivity index (χ0) is 14.4. The summed E-state index contributed by atoms with van der Waals surface area (Å²) in [7, 11) is 2.14. The largest absolute Gasteiger partial charge is 0.329 e. The minimum Gasteiger partial charge on any atom is -0.329 e. The van der Waals surface area contributed by atoms with Crippen LogP contribution in [0.15, 0.2) is 24.3 Å². The fourth-order valence-electron chi connectivity index (χ4n) is 3.38. The van der Waals surface area contributed by atoms with E-state index in [4.69, 9.17) is 5.73 Å². The van der Waals surface area contributed by atoms with Crippen molar-refractivity contribution in [2.75, 3.05) is 13.6 Å². The van der Waals surface area contributed by atoms with Gasteiger partial charge in [-0.2, -0.15) is 0 Å². The maximum Gasteiger partial charge on any atom is 0.123 e. The lowest BCUT2D eigenvalue weighted by molar-refractivity contribution is 0.0865. The Morgan fingerprint density at radius 1 is 1.15 bits per heavy atom. The molecule has 1 fully saturated rings. The van der Waals surface area contributed by atoms with Crippen molar-refractivity contribution in [3.05, 3.63) is 35.6 Å². The molecule has 1 aliphatic rings. The first-order valence-corrected chi connectivity index (χ1v) is 7.82. The van der Waals surface area contributed by atoms with E-state index in [0.29, 0.717) is 6.54 Å². The van der Waals surface area contributed by atoms with Gasteiger partial charge in [-0.1, -0.05) is 44.2 Å². The van der Waals surface area contributed by atoms with Crippen LogP contribution in [-0.2, 0) is 6.54 Å². The molecule has 1 aromatic carbocycles. The van der Waals surface area contributed by atoms with Crippen LogP contribution in [0.2, 0.25) is 0 Å². The molecule has 20 heavy (non-hydrogen) atoms. The Labute approximate surface area is 122 Å². The van der Waals surface area contributed by atoms with Gasteiger partial charge >= 0.3 is 0 Å². The van der Waals surface area contributed by atoms with Crippen LogP contribution in [0, 0.1) is 5.82 Å². The van der Waals surface area contributed by atoms with Crippen molar-refractivity contribution in [1.29, 1.82) is 0 Å². The van der Waals surface area contributed by atoms with Gasteiger partial charge in [0.2, 0.25) is 0 Å². The van der Waals surface area contributed by atoms with Gasteiger partial charge in [-0.3, -0.25) is 4.90 Å². The molecule has 2 nitrogen and oxygen atoms in total. The van der Waals surface area contributed by atoms with Gasteiger partial charge in [0, 0.05) is 18.6 Å². The lowest BCUT2D eigenvalue weighted by Crippen LogP contribution is -2.52. The summed E-state index contributed by atoms with van der Waals surface area (Å²) in [5.74, 6) is -0.157. The van der Waals surface area contributed by atoms with Crippen LogP contribution < -0.4 is 5.73 Å². The third-order valence-electron chi connectivity index (χ3n) is 4.78. The van der Waals surface area contributed by atoms with Crippen LogP contribution in [0.1, 0.15) is 50.5 Å². The highest BCUT2D eigenvalue weighted by Gasteiger charge is 2.32. The molecule has 0 atom stereocenters. The predicted octanol–water partition coefficient (Wildman–Crippen LogP) is 3.70. The Balaban J connectivity index is 2.08. The normalized spacial score (nSPS) is 19.6. The Morgan fingerprint density at radius 3 is 2.40 bits per heavy atom. The third kappa shape index (κ3) is 3.80. The number of hydrogen-bond donors (Lipinski definition) is 1. The summed E-state index contributed by atoms with van der Waals surface area (Å²) in [6.07, 6.45) is 8.82. The average molecular weight is 278 g/mol. The van der Waals surface area contributed by atoms with Crippen molar-refractivity contribution in [2.24, 2.45) is 5.73 Å². The van der Waals surface area contributed by atoms with Gasteiger partial charge in [0.05, 0.1) is 0 Å². The molecule has 1 aliphatic carbocycles. The minimum absolute atomic E-state index is 0.0900. The summed E-state index contributed by atoms with van der Waals surface area (Å²) in [5, 5.41) is 0. The summed E-state index contributed by atoms with van der Waals surface area (Å²) in [5.41, 5.74) is 7.25. The molecule has 112 valence electrons. The van der Waals surface area contributed by atoms with Gasteiger partial charge in [0.15, 0.2) is 0 Å². The molecule has 0 amide bonds. The third-order valence-corrected chi connectivity index (χ3v) is 4.78. The van der Waals surface area contributed by atoms with Crippen molar-refractivity contribution >= 4 is 0 Å². The number of nitrogens with zero attached hydrogens (tertiary/aromatic N) is 1. The first-order chi connectivity index (χ1) is 9.66. The van der Waals surface area contributed by atoms with Crippen molar-refractivity contribution in [3.8, 4) is 0 Å². The number of halogens is 1. The standard InChI is InChI=1S/C17H27FN2/c1-20(13-15-8-7-9-16(18)12-15)17(14-19)10-5-3-2-4-6-11-17/h7-9,12H,2-6,10-11,13-14,19H2,1H3. The second-order valence-corrected chi connectivity index (χ2v) is 6.18. The van der Waals surface area contributed by atoms with Crippen LogP contribution >= 0.6 is 0 Å². The van der Waals surface area contributed by atoms with E-state index in [2.05, 4.69) is 11.9 Å². The van der Waals surface area contributed by atoms with Gasteiger partial charge in [-0.25, -0.2) is 4.39 Å². The van der Waals surface area contributed by atoms with E-state index < -0.39 is 0 Å². The second-order valence-electron chi connectivity index (χ2n) is 6.18. The van der Waals surface area contributed by atoms with Crippen molar-refractivity contribution in [3.63, 3.8) is 0 Å². The van der Waals surface area contributed by atoms with Gasteiger partial charge in [-0.15, -0.1) is 0 Å². The van der Waals surface area contributed by atoms with E-state index in [-0.39, 0.29) is 11.4 Å². The summed E-state index contributed by atoms with van der Waals surface area (Å²) >= 11 is 0. The molecule has 0 aliphatic heterocycles. The maximum absolute atomic E-state index is 13.3. The maximum atomic E-state index is 13.3. The molecule has 0 spiro atoms. The summed E-state index contributed by atoms with van der Waals surface area (Å²) in [4.78, 5) is 2.35. The Morgan fingerprint density at radius 2 is 1.80 bits per heavy atom. The molecule has 0 saturated heterocycles. The number of nitrogens with two attached hydrogens (primary N) is 1.